The molecule has 0 aliphatic heterocycles. The topological polar surface area (TPSA) is 117 Å². The monoisotopic (exact) mass is 439 g/mol. The second kappa shape index (κ2) is 8.13. The predicted molar refractivity (Wildman–Crippen MR) is 106 cm³/mol. The molecule has 0 unspecified atom stereocenters. The highest BCUT2D eigenvalue weighted by Crippen LogP contribution is 2.31. The fourth-order valence-electron chi connectivity index (χ4n) is 2.40. The Bertz CT molecular complexity index is 1060. The third kappa shape index (κ3) is 4.24. The third-order valence-electron chi connectivity index (χ3n) is 3.77. The quantitative estimate of drug-likeness (QED) is 0.304. The van der Waals surface area contributed by atoms with Crippen LogP contribution in [-0.4, -0.2) is 24.6 Å². The van der Waals surface area contributed by atoms with Crippen molar-refractivity contribution in [3.63, 3.8) is 0 Å². The van der Waals surface area contributed by atoms with Crippen LogP contribution in [0.1, 0.15) is 5.56 Å². The minimum Gasteiger partial charge on any atom is -0.305 e. The van der Waals surface area contributed by atoms with Gasteiger partial charge in [-0.2, -0.15) is 0 Å². The van der Waals surface area contributed by atoms with Gasteiger partial charge in [0.1, 0.15) is 0 Å². The van der Waals surface area contributed by atoms with E-state index in [9.17, 15) is 20.2 Å². The van der Waals surface area contributed by atoms with E-state index in [0.29, 0.717) is 21.0 Å². The SMILES string of the molecule is Cn1c(SCc2ccc(Cl)c(Cl)c2)nnc1-c1cc([N+](=O)[O-])cc([N+](=O)[O-])c1. The van der Waals surface area contributed by atoms with Gasteiger partial charge in [-0.15, -0.1) is 10.2 Å². The van der Waals surface area contributed by atoms with E-state index in [1.165, 1.54) is 23.9 Å². The van der Waals surface area contributed by atoms with Gasteiger partial charge in [0.15, 0.2) is 11.0 Å². The lowest BCUT2D eigenvalue weighted by Crippen LogP contribution is -1.98. The summed E-state index contributed by atoms with van der Waals surface area (Å²) in [6, 6.07) is 8.64. The Hall–Kier alpha value is -2.69. The second-order valence-corrected chi connectivity index (χ2v) is 7.41. The molecule has 12 heteroatoms. The normalized spacial score (nSPS) is 10.8. The lowest BCUT2D eigenvalue weighted by atomic mass is 10.1. The van der Waals surface area contributed by atoms with Gasteiger partial charge >= 0.3 is 0 Å². The smallest absolute Gasteiger partial charge is 0.277 e. The fraction of sp³-hybridized carbons (Fsp3) is 0.125. The Morgan fingerprint density at radius 2 is 1.64 bits per heavy atom. The molecule has 2 aromatic carbocycles. The van der Waals surface area contributed by atoms with Crippen molar-refractivity contribution in [1.29, 1.82) is 0 Å². The highest BCUT2D eigenvalue weighted by molar-refractivity contribution is 7.98. The molecule has 0 N–H and O–H groups in total. The third-order valence-corrected chi connectivity index (χ3v) is 5.60. The number of nitro benzene ring substituents is 2. The highest BCUT2D eigenvalue weighted by Gasteiger charge is 2.20. The van der Waals surface area contributed by atoms with Gasteiger partial charge in [-0.1, -0.05) is 41.0 Å². The maximum absolute atomic E-state index is 11.1. The maximum atomic E-state index is 11.1. The number of thioether (sulfide) groups is 1. The van der Waals surface area contributed by atoms with Crippen LogP contribution in [0.25, 0.3) is 11.4 Å². The summed E-state index contributed by atoms with van der Waals surface area (Å²) in [6.07, 6.45) is 0. The van der Waals surface area contributed by atoms with E-state index in [1.807, 2.05) is 6.07 Å². The van der Waals surface area contributed by atoms with E-state index in [-0.39, 0.29) is 11.4 Å². The van der Waals surface area contributed by atoms with Crippen molar-refractivity contribution < 1.29 is 9.85 Å². The zero-order valence-electron chi connectivity index (χ0n) is 14.2. The van der Waals surface area contributed by atoms with Crippen molar-refractivity contribution in [2.24, 2.45) is 7.05 Å². The Balaban J connectivity index is 1.89. The van der Waals surface area contributed by atoms with E-state index in [4.69, 9.17) is 23.2 Å². The Kier molecular flexibility index (Phi) is 5.82. The summed E-state index contributed by atoms with van der Waals surface area (Å²) in [5.41, 5.74) is 0.377. The minimum absolute atomic E-state index is 0.234. The summed E-state index contributed by atoms with van der Waals surface area (Å²) in [4.78, 5) is 20.8. The molecule has 0 bridgehead atoms. The Morgan fingerprint density at radius 1 is 1.00 bits per heavy atom. The van der Waals surface area contributed by atoms with Crippen LogP contribution in [0.4, 0.5) is 11.4 Å². The highest BCUT2D eigenvalue weighted by atomic mass is 35.5. The molecule has 0 fully saturated rings. The Morgan fingerprint density at radius 3 is 2.21 bits per heavy atom. The second-order valence-electron chi connectivity index (χ2n) is 5.65. The van der Waals surface area contributed by atoms with Crippen molar-refractivity contribution in [3.8, 4) is 11.4 Å². The zero-order valence-corrected chi connectivity index (χ0v) is 16.5. The van der Waals surface area contributed by atoms with Gasteiger partial charge in [-0.05, 0) is 17.7 Å². The van der Waals surface area contributed by atoms with Crippen LogP contribution in [0, 0.1) is 20.2 Å². The number of hydrogen-bond donors (Lipinski definition) is 0. The summed E-state index contributed by atoms with van der Waals surface area (Å²) >= 11 is 13.3. The molecule has 0 saturated heterocycles. The van der Waals surface area contributed by atoms with Gasteiger partial charge in [0, 0.05) is 30.5 Å². The molecule has 3 aromatic rings. The number of aromatic nitrogens is 3. The molecule has 9 nitrogen and oxygen atoms in total. The molecular weight excluding hydrogens is 429 g/mol. The van der Waals surface area contributed by atoms with E-state index >= 15 is 0 Å². The van der Waals surface area contributed by atoms with Gasteiger partial charge in [-0.25, -0.2) is 0 Å². The summed E-state index contributed by atoms with van der Waals surface area (Å²) < 4.78 is 1.62. The number of halogens is 2. The van der Waals surface area contributed by atoms with Crippen molar-refractivity contribution in [2.75, 3.05) is 0 Å². The van der Waals surface area contributed by atoms with Gasteiger partial charge in [0.05, 0.1) is 26.0 Å². The van der Waals surface area contributed by atoms with E-state index < -0.39 is 21.2 Å². The maximum Gasteiger partial charge on any atom is 0.277 e. The first-order chi connectivity index (χ1) is 13.3. The molecule has 0 atom stereocenters. The Labute approximate surface area is 172 Å². The van der Waals surface area contributed by atoms with E-state index in [1.54, 1.807) is 23.7 Å². The average molecular weight is 440 g/mol. The van der Waals surface area contributed by atoms with Crippen LogP contribution in [-0.2, 0) is 12.8 Å². The lowest BCUT2D eigenvalue weighted by Gasteiger charge is -2.05. The van der Waals surface area contributed by atoms with Crippen LogP contribution in [0.5, 0.6) is 0 Å². The number of hydrogen-bond acceptors (Lipinski definition) is 7. The zero-order chi connectivity index (χ0) is 20.4. The molecule has 144 valence electrons. The van der Waals surface area contributed by atoms with Gasteiger partial charge in [-0.3, -0.25) is 20.2 Å². The van der Waals surface area contributed by atoms with Crippen LogP contribution in [0.2, 0.25) is 10.0 Å². The minimum atomic E-state index is -0.688. The van der Waals surface area contributed by atoms with Crippen LogP contribution < -0.4 is 0 Å². The molecule has 0 saturated carbocycles. The van der Waals surface area contributed by atoms with Crippen molar-refractivity contribution in [1.82, 2.24) is 14.8 Å². The van der Waals surface area contributed by atoms with Crippen LogP contribution >= 0.6 is 35.0 Å². The van der Waals surface area contributed by atoms with Gasteiger partial charge in [0.25, 0.3) is 11.4 Å². The van der Waals surface area contributed by atoms with Crippen molar-refractivity contribution >= 4 is 46.3 Å². The largest absolute Gasteiger partial charge is 0.305 e. The van der Waals surface area contributed by atoms with Crippen molar-refractivity contribution in [3.05, 3.63) is 72.2 Å². The molecular formula is C16H11Cl2N5O4S. The summed E-state index contributed by atoms with van der Waals surface area (Å²) in [5, 5.41) is 31.7. The molecule has 1 aromatic heterocycles. The van der Waals surface area contributed by atoms with Gasteiger partial charge in [0.2, 0.25) is 0 Å². The molecule has 0 amide bonds. The number of benzene rings is 2. The summed E-state index contributed by atoms with van der Waals surface area (Å²) in [7, 11) is 1.68. The summed E-state index contributed by atoms with van der Waals surface area (Å²) in [6.45, 7) is 0. The van der Waals surface area contributed by atoms with Crippen LogP contribution in [0.15, 0.2) is 41.6 Å². The number of nitrogens with zero attached hydrogens (tertiary/aromatic N) is 5. The standard InChI is InChI=1S/C16H11Cl2N5O4S/c1-21-15(10-5-11(22(24)25)7-12(6-10)23(26)27)19-20-16(21)28-8-9-2-3-13(17)14(18)4-9/h2-7H,8H2,1H3. The fourth-order valence-corrected chi connectivity index (χ4v) is 3.58. The number of nitro groups is 2. The first-order valence-corrected chi connectivity index (χ1v) is 9.41. The number of non-ortho nitro benzene ring substituents is 2. The average Bonchev–Trinajstić information content (AvgIpc) is 3.02. The first kappa shape index (κ1) is 20.1. The molecule has 0 spiro atoms. The van der Waals surface area contributed by atoms with Crippen LogP contribution in [0.3, 0.4) is 0 Å². The molecule has 0 aliphatic rings. The number of rotatable bonds is 6. The summed E-state index contributed by atoms with van der Waals surface area (Å²) in [5.74, 6) is 0.821. The van der Waals surface area contributed by atoms with Crippen molar-refractivity contribution in [2.45, 2.75) is 10.9 Å². The molecule has 1 heterocycles. The van der Waals surface area contributed by atoms with E-state index in [2.05, 4.69) is 10.2 Å². The lowest BCUT2D eigenvalue weighted by molar-refractivity contribution is -0.394. The first-order valence-electron chi connectivity index (χ1n) is 7.66. The van der Waals surface area contributed by atoms with E-state index in [0.717, 1.165) is 11.6 Å². The molecule has 0 aliphatic carbocycles. The molecule has 28 heavy (non-hydrogen) atoms. The molecule has 0 radical (unpaired) electrons. The van der Waals surface area contributed by atoms with Gasteiger partial charge < -0.3 is 4.57 Å². The molecule has 3 rings (SSSR count). The predicted octanol–water partition coefficient (Wildman–Crippen LogP) is 4.90.